The molecule has 0 radical (unpaired) electrons. The van der Waals surface area contributed by atoms with E-state index in [1.807, 2.05) is 0 Å². The highest BCUT2D eigenvalue weighted by molar-refractivity contribution is 6.42. The number of rotatable bonds is 5. The molecule has 94 valence electrons. The molecule has 4 nitrogen and oxygen atoms in total. The normalized spacial score (nSPS) is 10.1. The first-order chi connectivity index (χ1) is 8.00. The van der Waals surface area contributed by atoms with Crippen LogP contribution < -0.4 is 4.74 Å². The Balaban J connectivity index is 2.31. The Morgan fingerprint density at radius 2 is 2.12 bits per heavy atom. The summed E-state index contributed by atoms with van der Waals surface area (Å²) in [5, 5.41) is 10.6. The highest BCUT2D eigenvalue weighted by Gasteiger charge is 2.04. The van der Waals surface area contributed by atoms with Gasteiger partial charge in [-0.2, -0.15) is 0 Å². The van der Waals surface area contributed by atoms with Crippen LogP contribution in [-0.2, 0) is 4.79 Å². The highest BCUT2D eigenvalue weighted by atomic mass is 35.5. The first kappa shape index (κ1) is 14.1. The summed E-state index contributed by atoms with van der Waals surface area (Å²) in [4.78, 5) is 10.7. The predicted octanol–water partition coefficient (Wildman–Crippen LogP) is 3.00. The van der Waals surface area contributed by atoms with Crippen molar-refractivity contribution in [3.8, 4) is 5.75 Å². The molecule has 0 saturated carbocycles. The van der Waals surface area contributed by atoms with Gasteiger partial charge in [-0.25, -0.2) is 5.06 Å². The quantitative estimate of drug-likeness (QED) is 0.511. The maximum Gasteiger partial charge on any atom is 0.242 e. The van der Waals surface area contributed by atoms with Gasteiger partial charge in [0.05, 0.1) is 23.2 Å². The average Bonchev–Trinajstić information content (AvgIpc) is 2.28. The van der Waals surface area contributed by atoms with E-state index in [9.17, 15) is 4.79 Å². The van der Waals surface area contributed by atoms with Crippen molar-refractivity contribution in [2.45, 2.75) is 13.3 Å². The molecule has 1 rings (SSSR count). The lowest BCUT2D eigenvalue weighted by molar-refractivity contribution is -0.163. The van der Waals surface area contributed by atoms with Gasteiger partial charge in [0.15, 0.2) is 0 Å². The fraction of sp³-hybridized carbons (Fsp3) is 0.364. The highest BCUT2D eigenvalue weighted by Crippen LogP contribution is 2.26. The SMILES string of the molecule is CC(=O)N(O)CCCOc1ccc(Cl)c(Cl)c1. The maximum atomic E-state index is 10.7. The zero-order chi connectivity index (χ0) is 12.8. The monoisotopic (exact) mass is 277 g/mol. The van der Waals surface area contributed by atoms with Crippen LogP contribution in [0, 0.1) is 0 Å². The first-order valence-electron chi connectivity index (χ1n) is 5.05. The molecule has 1 amide bonds. The Bertz CT molecular complexity index is 398. The third kappa shape index (κ3) is 4.81. The molecule has 0 aliphatic rings. The summed E-state index contributed by atoms with van der Waals surface area (Å²) in [6, 6.07) is 4.97. The van der Waals surface area contributed by atoms with Crippen LogP contribution >= 0.6 is 23.2 Å². The lowest BCUT2D eigenvalue weighted by Crippen LogP contribution is -2.26. The lowest BCUT2D eigenvalue weighted by atomic mass is 10.3. The molecule has 1 aromatic carbocycles. The summed E-state index contributed by atoms with van der Waals surface area (Å²) in [5.74, 6) is 0.214. The molecule has 1 aromatic rings. The summed E-state index contributed by atoms with van der Waals surface area (Å²) in [7, 11) is 0. The molecule has 0 aliphatic carbocycles. The van der Waals surface area contributed by atoms with Gasteiger partial charge >= 0.3 is 0 Å². The Kier molecular flexibility index (Phi) is 5.55. The number of carbonyl (C=O) groups excluding carboxylic acids is 1. The van der Waals surface area contributed by atoms with Crippen LogP contribution in [0.4, 0.5) is 0 Å². The molecular formula is C11H13Cl2NO3. The zero-order valence-electron chi connectivity index (χ0n) is 9.32. The van der Waals surface area contributed by atoms with Crippen molar-refractivity contribution in [2.24, 2.45) is 0 Å². The molecular weight excluding hydrogens is 265 g/mol. The average molecular weight is 278 g/mol. The summed E-state index contributed by atoms with van der Waals surface area (Å²) in [6.07, 6.45) is 0.524. The van der Waals surface area contributed by atoms with E-state index in [1.54, 1.807) is 18.2 Å². The van der Waals surface area contributed by atoms with E-state index in [2.05, 4.69) is 0 Å². The molecule has 1 N–H and O–H groups in total. The number of nitrogens with zero attached hydrogens (tertiary/aromatic N) is 1. The van der Waals surface area contributed by atoms with Crippen LogP contribution in [0.25, 0.3) is 0 Å². The van der Waals surface area contributed by atoms with Crippen LogP contribution in [0.5, 0.6) is 5.75 Å². The topological polar surface area (TPSA) is 49.8 Å². The summed E-state index contributed by atoms with van der Waals surface area (Å²) in [6.45, 7) is 1.90. The molecule has 6 heteroatoms. The number of hydrogen-bond acceptors (Lipinski definition) is 3. The number of benzene rings is 1. The third-order valence-electron chi connectivity index (χ3n) is 2.04. The van der Waals surface area contributed by atoms with Crippen molar-refractivity contribution in [1.82, 2.24) is 5.06 Å². The number of carbonyl (C=O) groups is 1. The summed E-state index contributed by atoms with van der Waals surface area (Å²) < 4.78 is 5.38. The van der Waals surface area contributed by atoms with Gasteiger partial charge in [-0.1, -0.05) is 23.2 Å². The molecule has 17 heavy (non-hydrogen) atoms. The van der Waals surface area contributed by atoms with Crippen molar-refractivity contribution >= 4 is 29.1 Å². The van der Waals surface area contributed by atoms with E-state index in [0.29, 0.717) is 33.9 Å². The standard InChI is InChI=1S/C11H13Cl2NO3/c1-8(15)14(16)5-2-6-17-9-3-4-10(12)11(13)7-9/h3-4,7,16H,2,5-6H2,1H3. The van der Waals surface area contributed by atoms with Crippen molar-refractivity contribution in [2.75, 3.05) is 13.2 Å². The van der Waals surface area contributed by atoms with E-state index in [4.69, 9.17) is 33.1 Å². The van der Waals surface area contributed by atoms with Crippen LogP contribution in [0.15, 0.2) is 18.2 Å². The fourth-order valence-corrected chi connectivity index (χ4v) is 1.42. The van der Waals surface area contributed by atoms with Gasteiger partial charge in [0.1, 0.15) is 5.75 Å². The van der Waals surface area contributed by atoms with E-state index >= 15 is 0 Å². The van der Waals surface area contributed by atoms with Crippen LogP contribution in [0.2, 0.25) is 10.0 Å². The van der Waals surface area contributed by atoms with Crippen LogP contribution in [0.1, 0.15) is 13.3 Å². The predicted molar refractivity (Wildman–Crippen MR) is 65.7 cm³/mol. The van der Waals surface area contributed by atoms with Crippen LogP contribution in [-0.4, -0.2) is 29.3 Å². The lowest BCUT2D eigenvalue weighted by Gasteiger charge is -2.12. The van der Waals surface area contributed by atoms with E-state index < -0.39 is 0 Å². The van der Waals surface area contributed by atoms with Gasteiger partial charge in [-0.15, -0.1) is 0 Å². The van der Waals surface area contributed by atoms with Gasteiger partial charge in [-0.3, -0.25) is 10.0 Å². The first-order valence-corrected chi connectivity index (χ1v) is 5.81. The minimum absolute atomic E-state index is 0.233. The van der Waals surface area contributed by atoms with Gasteiger partial charge in [-0.05, 0) is 12.1 Å². The Labute approximate surface area is 110 Å². The second-order valence-corrected chi connectivity index (χ2v) is 4.23. The van der Waals surface area contributed by atoms with E-state index in [-0.39, 0.29) is 12.5 Å². The number of ether oxygens (including phenoxy) is 1. The Hall–Kier alpha value is -0.970. The van der Waals surface area contributed by atoms with Crippen molar-refractivity contribution in [1.29, 1.82) is 0 Å². The largest absolute Gasteiger partial charge is 0.493 e. The van der Waals surface area contributed by atoms with Gasteiger partial charge in [0.2, 0.25) is 5.91 Å². The smallest absolute Gasteiger partial charge is 0.242 e. The molecule has 0 bridgehead atoms. The fourth-order valence-electron chi connectivity index (χ4n) is 1.13. The molecule has 0 aliphatic heterocycles. The maximum absolute atomic E-state index is 10.7. The van der Waals surface area contributed by atoms with Crippen molar-refractivity contribution in [3.63, 3.8) is 0 Å². The van der Waals surface area contributed by atoms with Crippen molar-refractivity contribution in [3.05, 3.63) is 28.2 Å². The van der Waals surface area contributed by atoms with E-state index in [1.165, 1.54) is 6.92 Å². The minimum atomic E-state index is -0.389. The molecule has 0 saturated heterocycles. The number of halogens is 2. The molecule has 0 fully saturated rings. The number of hydrogen-bond donors (Lipinski definition) is 1. The number of hydroxylamine groups is 2. The van der Waals surface area contributed by atoms with Gasteiger partial charge in [0.25, 0.3) is 0 Å². The van der Waals surface area contributed by atoms with Crippen LogP contribution in [0.3, 0.4) is 0 Å². The number of amides is 1. The molecule has 0 heterocycles. The summed E-state index contributed by atoms with van der Waals surface area (Å²) >= 11 is 11.6. The molecule has 0 atom stereocenters. The van der Waals surface area contributed by atoms with Gasteiger partial charge < -0.3 is 4.74 Å². The Morgan fingerprint density at radius 1 is 1.41 bits per heavy atom. The van der Waals surface area contributed by atoms with E-state index in [0.717, 1.165) is 0 Å². The minimum Gasteiger partial charge on any atom is -0.493 e. The molecule has 0 aromatic heterocycles. The summed E-state index contributed by atoms with van der Waals surface area (Å²) in [5.41, 5.74) is 0. The Morgan fingerprint density at radius 3 is 2.71 bits per heavy atom. The van der Waals surface area contributed by atoms with Gasteiger partial charge in [0, 0.05) is 19.4 Å². The second kappa shape index (κ2) is 6.69. The molecule has 0 spiro atoms. The second-order valence-electron chi connectivity index (χ2n) is 3.42. The zero-order valence-corrected chi connectivity index (χ0v) is 10.8. The van der Waals surface area contributed by atoms with Crippen molar-refractivity contribution < 1.29 is 14.7 Å². The molecule has 0 unspecified atom stereocenters. The third-order valence-corrected chi connectivity index (χ3v) is 2.78.